The predicted octanol–water partition coefficient (Wildman–Crippen LogP) is 2.95. The average Bonchev–Trinajstić information content (AvgIpc) is 2.74. The molecule has 0 aliphatic heterocycles. The highest BCUT2D eigenvalue weighted by molar-refractivity contribution is 7.86. The number of ether oxygens (including phenoxy) is 3. The van der Waals surface area contributed by atoms with Crippen molar-refractivity contribution in [2.75, 3.05) is 46.2 Å². The summed E-state index contributed by atoms with van der Waals surface area (Å²) in [5.74, 6) is 0. The van der Waals surface area contributed by atoms with Crippen molar-refractivity contribution < 1.29 is 31.9 Å². The van der Waals surface area contributed by atoms with Crippen molar-refractivity contribution in [3.63, 3.8) is 0 Å². The quantitative estimate of drug-likeness (QED) is 0.378. The van der Waals surface area contributed by atoms with Crippen LogP contribution >= 0.6 is 0 Å². The second-order valence-corrected chi connectivity index (χ2v) is 7.78. The molecule has 30 heavy (non-hydrogen) atoms. The third-order valence-corrected chi connectivity index (χ3v) is 5.07. The van der Waals surface area contributed by atoms with E-state index in [-0.39, 0.29) is 18.1 Å². The van der Waals surface area contributed by atoms with Crippen LogP contribution in [-0.4, -0.2) is 59.8 Å². The molecule has 0 radical (unpaired) electrons. The zero-order valence-corrected chi connectivity index (χ0v) is 18.5. The molecule has 0 unspecified atom stereocenters. The lowest BCUT2D eigenvalue weighted by molar-refractivity contribution is 0.00451. The number of hydrogen-bond donors (Lipinski definition) is 1. The average molecular weight is 441 g/mol. The van der Waals surface area contributed by atoms with E-state index in [9.17, 15) is 8.42 Å². The molecule has 0 aromatic heterocycles. The molecule has 0 spiro atoms. The Hall–Kier alpha value is -1.81. The minimum Gasteiger partial charge on any atom is -0.394 e. The molecule has 0 fully saturated rings. The van der Waals surface area contributed by atoms with Gasteiger partial charge < -0.3 is 19.3 Å². The van der Waals surface area contributed by atoms with Crippen molar-refractivity contribution in [1.82, 2.24) is 0 Å². The topological polar surface area (TPSA) is 91.3 Å². The van der Waals surface area contributed by atoms with Crippen LogP contribution in [0.4, 0.5) is 0 Å². The molecule has 0 amide bonds. The SMILES string of the molecule is CCOS(=O)(=O)c1ccc(C)cc1.OCCOCCOCCOCc1ccccc1. The third-order valence-electron chi connectivity index (χ3n) is 3.67. The Kier molecular flexibility index (Phi) is 13.9. The molecule has 8 heteroatoms. The monoisotopic (exact) mass is 440 g/mol. The van der Waals surface area contributed by atoms with Gasteiger partial charge in [-0.3, -0.25) is 4.18 Å². The van der Waals surface area contributed by atoms with Crippen LogP contribution in [0.3, 0.4) is 0 Å². The molecule has 2 aromatic carbocycles. The van der Waals surface area contributed by atoms with Gasteiger partial charge in [0.05, 0.1) is 57.8 Å². The summed E-state index contributed by atoms with van der Waals surface area (Å²) in [5, 5.41) is 8.46. The standard InChI is InChI=1S/C13H20O4.C9H12O3S/c14-6-7-15-8-9-16-10-11-17-12-13-4-2-1-3-5-13;1-3-12-13(10,11)9-6-4-8(2)5-7-9/h1-5,14H,6-12H2;4-7H,3H2,1-2H3. The van der Waals surface area contributed by atoms with Gasteiger partial charge >= 0.3 is 0 Å². The van der Waals surface area contributed by atoms with Gasteiger partial charge in [0.2, 0.25) is 0 Å². The minimum atomic E-state index is -3.53. The van der Waals surface area contributed by atoms with E-state index >= 15 is 0 Å². The predicted molar refractivity (Wildman–Crippen MR) is 115 cm³/mol. The summed E-state index contributed by atoms with van der Waals surface area (Å²) in [7, 11) is -3.53. The lowest BCUT2D eigenvalue weighted by Crippen LogP contribution is -2.10. The molecule has 0 saturated carbocycles. The van der Waals surface area contributed by atoms with Crippen molar-refractivity contribution >= 4 is 10.1 Å². The van der Waals surface area contributed by atoms with Crippen LogP contribution in [0, 0.1) is 6.92 Å². The van der Waals surface area contributed by atoms with Crippen LogP contribution in [0.5, 0.6) is 0 Å². The second-order valence-electron chi connectivity index (χ2n) is 6.16. The van der Waals surface area contributed by atoms with Crippen molar-refractivity contribution in [3.8, 4) is 0 Å². The Morgan fingerprint density at radius 3 is 1.93 bits per heavy atom. The van der Waals surface area contributed by atoms with Gasteiger partial charge in [0.15, 0.2) is 0 Å². The first kappa shape index (κ1) is 26.2. The fourth-order valence-corrected chi connectivity index (χ4v) is 3.11. The van der Waals surface area contributed by atoms with Crippen LogP contribution in [0.15, 0.2) is 59.5 Å². The van der Waals surface area contributed by atoms with E-state index in [4.69, 9.17) is 19.3 Å². The van der Waals surface area contributed by atoms with Gasteiger partial charge in [0, 0.05) is 0 Å². The number of benzene rings is 2. The summed E-state index contributed by atoms with van der Waals surface area (Å²) in [4.78, 5) is 0.208. The molecule has 0 aliphatic rings. The number of aliphatic hydroxyl groups is 1. The molecule has 7 nitrogen and oxygen atoms in total. The molecule has 0 saturated heterocycles. The maximum atomic E-state index is 11.3. The zero-order chi connectivity index (χ0) is 22.1. The van der Waals surface area contributed by atoms with Gasteiger partial charge in [-0.25, -0.2) is 0 Å². The van der Waals surface area contributed by atoms with Gasteiger partial charge in [-0.15, -0.1) is 0 Å². The highest BCUT2D eigenvalue weighted by atomic mass is 32.2. The van der Waals surface area contributed by atoms with Crippen molar-refractivity contribution in [3.05, 3.63) is 65.7 Å². The van der Waals surface area contributed by atoms with Crippen molar-refractivity contribution in [2.45, 2.75) is 25.3 Å². The smallest absolute Gasteiger partial charge is 0.296 e. The first-order valence-corrected chi connectivity index (χ1v) is 11.2. The highest BCUT2D eigenvalue weighted by Crippen LogP contribution is 2.12. The van der Waals surface area contributed by atoms with E-state index in [1.165, 1.54) is 5.56 Å². The van der Waals surface area contributed by atoms with Crippen LogP contribution in [-0.2, 0) is 35.1 Å². The normalized spacial score (nSPS) is 11.0. The Balaban J connectivity index is 0.000000311. The fraction of sp³-hybridized carbons (Fsp3) is 0.455. The lowest BCUT2D eigenvalue weighted by Gasteiger charge is -2.06. The van der Waals surface area contributed by atoms with E-state index < -0.39 is 10.1 Å². The van der Waals surface area contributed by atoms with Crippen molar-refractivity contribution in [2.24, 2.45) is 0 Å². The van der Waals surface area contributed by atoms with Gasteiger partial charge in [-0.1, -0.05) is 48.0 Å². The van der Waals surface area contributed by atoms with E-state index in [1.54, 1.807) is 31.2 Å². The molecule has 0 bridgehead atoms. The van der Waals surface area contributed by atoms with Gasteiger partial charge in [0.25, 0.3) is 10.1 Å². The summed E-state index contributed by atoms with van der Waals surface area (Å²) in [5.41, 5.74) is 2.19. The van der Waals surface area contributed by atoms with Crippen LogP contribution < -0.4 is 0 Å². The summed E-state index contributed by atoms with van der Waals surface area (Å²) >= 11 is 0. The van der Waals surface area contributed by atoms with Crippen LogP contribution in [0.2, 0.25) is 0 Å². The van der Waals surface area contributed by atoms with Gasteiger partial charge in [-0.05, 0) is 31.5 Å². The minimum absolute atomic E-state index is 0.0557. The molecule has 2 aromatic rings. The van der Waals surface area contributed by atoms with Crippen LogP contribution in [0.1, 0.15) is 18.1 Å². The summed E-state index contributed by atoms with van der Waals surface area (Å²) < 4.78 is 43.0. The zero-order valence-electron chi connectivity index (χ0n) is 17.7. The number of rotatable bonds is 13. The molecule has 2 rings (SSSR count). The van der Waals surface area contributed by atoms with Gasteiger partial charge in [0.1, 0.15) is 0 Å². The largest absolute Gasteiger partial charge is 0.394 e. The maximum Gasteiger partial charge on any atom is 0.296 e. The molecule has 168 valence electrons. The Bertz CT molecular complexity index is 762. The van der Waals surface area contributed by atoms with E-state index in [0.29, 0.717) is 39.6 Å². The fourth-order valence-electron chi connectivity index (χ4n) is 2.20. The summed E-state index contributed by atoms with van der Waals surface area (Å²) in [6.45, 7) is 6.94. The molecular weight excluding hydrogens is 408 g/mol. The van der Waals surface area contributed by atoms with E-state index in [2.05, 4.69) is 4.18 Å². The Labute approximate surface area is 179 Å². The van der Waals surface area contributed by atoms with E-state index in [1.807, 2.05) is 37.3 Å². The molecule has 0 heterocycles. The van der Waals surface area contributed by atoms with Gasteiger partial charge in [-0.2, -0.15) is 8.42 Å². The first-order valence-electron chi connectivity index (χ1n) is 9.83. The number of aryl methyl sites for hydroxylation is 1. The first-order chi connectivity index (χ1) is 14.5. The van der Waals surface area contributed by atoms with Crippen molar-refractivity contribution in [1.29, 1.82) is 0 Å². The molecule has 0 aliphatic carbocycles. The highest BCUT2D eigenvalue weighted by Gasteiger charge is 2.12. The lowest BCUT2D eigenvalue weighted by atomic mass is 10.2. The Morgan fingerprint density at radius 1 is 0.800 bits per heavy atom. The molecule has 1 N–H and O–H groups in total. The summed E-state index contributed by atoms with van der Waals surface area (Å²) in [6, 6.07) is 16.6. The Morgan fingerprint density at radius 2 is 1.37 bits per heavy atom. The number of hydrogen-bond acceptors (Lipinski definition) is 7. The van der Waals surface area contributed by atoms with E-state index in [0.717, 1.165) is 5.56 Å². The second kappa shape index (κ2) is 16.0. The number of aliphatic hydroxyl groups excluding tert-OH is 1. The maximum absolute atomic E-state index is 11.3. The third kappa shape index (κ3) is 12.0. The molecule has 0 atom stereocenters. The summed E-state index contributed by atoms with van der Waals surface area (Å²) in [6.07, 6.45) is 0. The molecular formula is C22H32O7S. The van der Waals surface area contributed by atoms with Crippen LogP contribution in [0.25, 0.3) is 0 Å².